The van der Waals surface area contributed by atoms with Crippen molar-refractivity contribution < 1.29 is 4.79 Å². The largest absolute Gasteiger partial charge is 0.341 e. The average molecular weight is 361 g/mol. The number of amides is 1. The number of carbonyl (C=O) groups excluding carboxylic acids is 1. The van der Waals surface area contributed by atoms with E-state index < -0.39 is 0 Å². The summed E-state index contributed by atoms with van der Waals surface area (Å²) in [5.41, 5.74) is 6.85. The van der Waals surface area contributed by atoms with Crippen molar-refractivity contribution in [3.05, 3.63) is 60.2 Å². The molecule has 2 N–H and O–H groups in total. The Kier molecular flexibility index (Phi) is 6.85. The molecule has 0 spiro atoms. The van der Waals surface area contributed by atoms with Gasteiger partial charge < -0.3 is 10.6 Å². The van der Waals surface area contributed by atoms with Crippen LogP contribution in [0.4, 0.5) is 0 Å². The van der Waals surface area contributed by atoms with E-state index in [1.165, 1.54) is 5.56 Å². The first-order valence-electron chi connectivity index (χ1n) is 7.94. The number of aromatic nitrogens is 4. The van der Waals surface area contributed by atoms with Crippen molar-refractivity contribution in [1.29, 1.82) is 0 Å². The number of fused-ring (bicyclic) bond motifs is 1. The summed E-state index contributed by atoms with van der Waals surface area (Å²) in [4.78, 5) is 22.7. The van der Waals surface area contributed by atoms with Crippen LogP contribution < -0.4 is 5.73 Å². The van der Waals surface area contributed by atoms with Gasteiger partial charge in [-0.3, -0.25) is 4.79 Å². The van der Waals surface area contributed by atoms with Gasteiger partial charge in [-0.25, -0.2) is 9.50 Å². The number of carbonyl (C=O) groups is 1. The Balaban J connectivity index is 0.00000225. The van der Waals surface area contributed by atoms with Crippen molar-refractivity contribution >= 4 is 24.1 Å². The summed E-state index contributed by atoms with van der Waals surface area (Å²) in [6.07, 6.45) is 4.36. The molecule has 25 heavy (non-hydrogen) atoms. The van der Waals surface area contributed by atoms with Crippen LogP contribution in [0.25, 0.3) is 5.78 Å². The van der Waals surface area contributed by atoms with Gasteiger partial charge in [-0.15, -0.1) is 17.5 Å². The first kappa shape index (κ1) is 18.8. The highest BCUT2D eigenvalue weighted by molar-refractivity contribution is 5.85. The van der Waals surface area contributed by atoms with Gasteiger partial charge in [-0.1, -0.05) is 30.3 Å². The second-order valence-electron chi connectivity index (χ2n) is 5.47. The second-order valence-corrected chi connectivity index (χ2v) is 5.47. The summed E-state index contributed by atoms with van der Waals surface area (Å²) in [6, 6.07) is 11.9. The van der Waals surface area contributed by atoms with E-state index in [2.05, 4.69) is 27.2 Å². The van der Waals surface area contributed by atoms with Crippen LogP contribution >= 0.6 is 12.4 Å². The topological polar surface area (TPSA) is 89.4 Å². The summed E-state index contributed by atoms with van der Waals surface area (Å²) in [5.74, 6) is 0.947. The number of benzene rings is 1. The Morgan fingerprint density at radius 3 is 2.68 bits per heavy atom. The molecule has 0 bridgehead atoms. The zero-order chi connectivity index (χ0) is 16.8. The lowest BCUT2D eigenvalue weighted by molar-refractivity contribution is -0.130. The minimum absolute atomic E-state index is 0. The van der Waals surface area contributed by atoms with E-state index in [4.69, 9.17) is 5.73 Å². The molecule has 0 unspecified atom stereocenters. The van der Waals surface area contributed by atoms with Crippen molar-refractivity contribution in [3.63, 3.8) is 0 Å². The minimum atomic E-state index is -0.0210. The Bertz CT molecular complexity index is 774. The molecule has 0 saturated heterocycles. The monoisotopic (exact) mass is 360 g/mol. The molecule has 1 aromatic carbocycles. The predicted octanol–water partition coefficient (Wildman–Crippen LogP) is 1.12. The number of hydrogen-bond donors (Lipinski definition) is 1. The van der Waals surface area contributed by atoms with E-state index in [1.807, 2.05) is 18.2 Å². The molecular weight excluding hydrogens is 340 g/mol. The Morgan fingerprint density at radius 2 is 1.96 bits per heavy atom. The third kappa shape index (κ3) is 4.98. The van der Waals surface area contributed by atoms with E-state index in [0.29, 0.717) is 31.2 Å². The van der Waals surface area contributed by atoms with Gasteiger partial charge in [-0.2, -0.15) is 4.98 Å². The average Bonchev–Trinajstić information content (AvgIpc) is 3.01. The molecule has 3 aromatic rings. The molecule has 3 rings (SSSR count). The van der Waals surface area contributed by atoms with Crippen molar-refractivity contribution in [2.24, 2.45) is 5.73 Å². The normalized spacial score (nSPS) is 10.4. The van der Waals surface area contributed by atoms with Gasteiger partial charge in [0.05, 0.1) is 6.42 Å². The lowest BCUT2D eigenvalue weighted by Crippen LogP contribution is -2.38. The maximum Gasteiger partial charge on any atom is 0.252 e. The summed E-state index contributed by atoms with van der Waals surface area (Å²) in [6.45, 7) is 1.59. The summed E-state index contributed by atoms with van der Waals surface area (Å²) >= 11 is 0. The van der Waals surface area contributed by atoms with Crippen LogP contribution in [0, 0.1) is 0 Å². The van der Waals surface area contributed by atoms with Crippen LogP contribution in [0.3, 0.4) is 0 Å². The van der Waals surface area contributed by atoms with Crippen LogP contribution in [-0.4, -0.2) is 50.0 Å². The fourth-order valence-electron chi connectivity index (χ4n) is 2.52. The molecular formula is C17H21ClN6O. The van der Waals surface area contributed by atoms with Gasteiger partial charge >= 0.3 is 0 Å². The quantitative estimate of drug-likeness (QED) is 0.682. The number of halogens is 1. The molecule has 1 amide bonds. The molecule has 8 heteroatoms. The van der Waals surface area contributed by atoms with E-state index in [9.17, 15) is 4.79 Å². The molecule has 0 radical (unpaired) electrons. The van der Waals surface area contributed by atoms with Gasteiger partial charge in [0.2, 0.25) is 5.91 Å². The van der Waals surface area contributed by atoms with Gasteiger partial charge in [0.25, 0.3) is 5.78 Å². The van der Waals surface area contributed by atoms with Gasteiger partial charge in [0.1, 0.15) is 0 Å². The molecule has 132 valence electrons. The first-order chi connectivity index (χ1) is 11.8. The van der Waals surface area contributed by atoms with Crippen LogP contribution in [0.15, 0.2) is 48.8 Å². The fourth-order valence-corrected chi connectivity index (χ4v) is 2.52. The summed E-state index contributed by atoms with van der Waals surface area (Å²) in [7, 11) is 0. The fraction of sp³-hybridized carbons (Fsp3) is 0.294. The second kappa shape index (κ2) is 9.10. The van der Waals surface area contributed by atoms with Crippen LogP contribution in [-0.2, 0) is 17.6 Å². The van der Waals surface area contributed by atoms with Crippen molar-refractivity contribution in [3.8, 4) is 0 Å². The van der Waals surface area contributed by atoms with E-state index >= 15 is 0 Å². The van der Waals surface area contributed by atoms with E-state index in [0.717, 1.165) is 6.42 Å². The Hall–Kier alpha value is -2.51. The molecule has 7 nitrogen and oxygen atoms in total. The molecule has 2 aromatic heterocycles. The summed E-state index contributed by atoms with van der Waals surface area (Å²) in [5, 5.41) is 4.28. The van der Waals surface area contributed by atoms with Crippen molar-refractivity contribution in [2.45, 2.75) is 12.8 Å². The van der Waals surface area contributed by atoms with Crippen molar-refractivity contribution in [2.75, 3.05) is 19.6 Å². The smallest absolute Gasteiger partial charge is 0.252 e. The lowest BCUT2D eigenvalue weighted by Gasteiger charge is -2.21. The third-order valence-corrected chi connectivity index (χ3v) is 3.73. The molecule has 0 aliphatic carbocycles. The predicted molar refractivity (Wildman–Crippen MR) is 97.5 cm³/mol. The maximum atomic E-state index is 12.6. The maximum absolute atomic E-state index is 12.6. The Labute approximate surface area is 152 Å². The Morgan fingerprint density at radius 1 is 1.16 bits per heavy atom. The lowest BCUT2D eigenvalue weighted by atomic mass is 10.1. The molecule has 0 aliphatic rings. The van der Waals surface area contributed by atoms with Crippen LogP contribution in [0.5, 0.6) is 0 Å². The van der Waals surface area contributed by atoms with Crippen LogP contribution in [0.2, 0.25) is 0 Å². The van der Waals surface area contributed by atoms with Gasteiger partial charge in [-0.05, 0) is 18.1 Å². The molecule has 0 saturated carbocycles. The number of nitrogens with two attached hydrogens (primary N) is 1. The zero-order valence-corrected chi connectivity index (χ0v) is 14.6. The summed E-state index contributed by atoms with van der Waals surface area (Å²) < 4.78 is 1.57. The third-order valence-electron chi connectivity index (χ3n) is 3.73. The highest BCUT2D eigenvalue weighted by Crippen LogP contribution is 2.04. The minimum Gasteiger partial charge on any atom is -0.341 e. The number of rotatable bonds is 7. The molecule has 0 fully saturated rings. The van der Waals surface area contributed by atoms with E-state index in [-0.39, 0.29) is 24.7 Å². The number of nitrogens with zero attached hydrogens (tertiary/aromatic N) is 5. The van der Waals surface area contributed by atoms with Gasteiger partial charge in [0.15, 0.2) is 5.82 Å². The highest BCUT2D eigenvalue weighted by Gasteiger charge is 2.16. The molecule has 0 aliphatic heterocycles. The SMILES string of the molecule is Cl.NCCN(CCc1ccccc1)C(=O)Cc1nc2ncccn2n1. The van der Waals surface area contributed by atoms with E-state index in [1.54, 1.807) is 27.9 Å². The molecule has 0 atom stereocenters. The van der Waals surface area contributed by atoms with Crippen molar-refractivity contribution in [1.82, 2.24) is 24.5 Å². The highest BCUT2D eigenvalue weighted by atomic mass is 35.5. The van der Waals surface area contributed by atoms with Gasteiger partial charge in [0, 0.05) is 32.0 Å². The standard InChI is InChI=1S/C17H20N6O.ClH/c18-8-12-22(11-7-14-5-2-1-3-6-14)16(24)13-15-20-17-19-9-4-10-23(17)21-15;/h1-6,9-10H,7-8,11-13,18H2;1H. The van der Waals surface area contributed by atoms with Crippen LogP contribution in [0.1, 0.15) is 11.4 Å². The number of hydrogen-bond acceptors (Lipinski definition) is 5. The first-order valence-corrected chi connectivity index (χ1v) is 7.94. The molecule has 2 heterocycles. The zero-order valence-electron chi connectivity index (χ0n) is 13.8.